The molecule has 1 aliphatic heterocycles. The first kappa shape index (κ1) is 18.2. The van der Waals surface area contributed by atoms with Crippen molar-refractivity contribution >= 4 is 22.8 Å². The maximum absolute atomic E-state index is 13.8. The molecule has 2 N–H and O–H groups in total. The number of rotatable bonds is 3. The fraction of sp³-hybridized carbons (Fsp3) is 0.238. The number of hydrogen-bond acceptors (Lipinski definition) is 5. The zero-order valence-electron chi connectivity index (χ0n) is 15.4. The summed E-state index contributed by atoms with van der Waals surface area (Å²) in [7, 11) is 2.67. The number of carbonyl (C=O) groups excluding carboxylic acids is 2. The molecule has 2 heterocycles. The number of methoxy groups -OCH3 is 2. The Balaban J connectivity index is 1.81. The Bertz CT molecular complexity index is 1060. The fourth-order valence-corrected chi connectivity index (χ4v) is 3.74. The van der Waals surface area contributed by atoms with Crippen LogP contribution in [0.3, 0.4) is 0 Å². The van der Waals surface area contributed by atoms with Gasteiger partial charge in [-0.15, -0.1) is 0 Å². The van der Waals surface area contributed by atoms with E-state index < -0.39 is 12.0 Å². The average molecular weight is 382 g/mol. The number of carbonyl (C=O) groups is 2. The Labute approximate surface area is 160 Å². The maximum Gasteiger partial charge on any atom is 0.337 e. The Morgan fingerprint density at radius 2 is 1.82 bits per heavy atom. The molecule has 6 nitrogen and oxygen atoms in total. The third-order valence-electron chi connectivity index (χ3n) is 5.12. The number of H-pyrrole nitrogens is 1. The van der Waals surface area contributed by atoms with Crippen molar-refractivity contribution in [2.24, 2.45) is 0 Å². The zero-order chi connectivity index (χ0) is 19.8. The van der Waals surface area contributed by atoms with Gasteiger partial charge in [-0.2, -0.15) is 0 Å². The summed E-state index contributed by atoms with van der Waals surface area (Å²) in [6.45, 7) is 0. The molecule has 0 saturated heterocycles. The smallest absolute Gasteiger partial charge is 0.337 e. The van der Waals surface area contributed by atoms with Crippen LogP contribution in [0.1, 0.15) is 33.2 Å². The van der Waals surface area contributed by atoms with E-state index in [9.17, 15) is 14.0 Å². The number of hydrogen-bond donors (Lipinski definition) is 2. The molecule has 0 radical (unpaired) electrons. The van der Waals surface area contributed by atoms with Crippen molar-refractivity contribution in [1.82, 2.24) is 10.3 Å². The second kappa shape index (κ2) is 7.09. The van der Waals surface area contributed by atoms with Crippen LogP contribution in [0.5, 0.6) is 0 Å². The van der Waals surface area contributed by atoms with Crippen molar-refractivity contribution < 1.29 is 23.5 Å². The maximum atomic E-state index is 13.8. The van der Waals surface area contributed by atoms with E-state index in [1.807, 2.05) is 0 Å². The minimum Gasteiger partial charge on any atom is -0.468 e. The standard InChI is InChI=1S/C21H19FN2O4/c1-27-20(25)12-5-3-11(4-6-12)18-19-15(10-17(24-18)21(26)28-2)14-9-13(22)7-8-16(14)23-19/h3-9,17-18,23-24H,10H2,1-2H3/t17-,18+/m1/s1. The molecular weight excluding hydrogens is 363 g/mol. The predicted octanol–water partition coefficient (Wildman–Crippen LogP) is 2.87. The van der Waals surface area contributed by atoms with Gasteiger partial charge < -0.3 is 14.5 Å². The van der Waals surface area contributed by atoms with E-state index in [1.54, 1.807) is 30.3 Å². The van der Waals surface area contributed by atoms with Crippen molar-refractivity contribution in [3.63, 3.8) is 0 Å². The summed E-state index contributed by atoms with van der Waals surface area (Å²) < 4.78 is 23.5. The molecule has 144 valence electrons. The Hall–Kier alpha value is -3.19. The molecule has 0 unspecified atom stereocenters. The van der Waals surface area contributed by atoms with Gasteiger partial charge in [0.25, 0.3) is 0 Å². The SMILES string of the molecule is COC(=O)c1ccc([C@@H]2N[C@@H](C(=O)OC)Cc3c2[nH]c2ccc(F)cc32)cc1. The van der Waals surface area contributed by atoms with Crippen LogP contribution in [0.25, 0.3) is 10.9 Å². The third-order valence-corrected chi connectivity index (χ3v) is 5.12. The van der Waals surface area contributed by atoms with E-state index in [0.717, 1.165) is 27.7 Å². The van der Waals surface area contributed by atoms with Crippen molar-refractivity contribution in [2.75, 3.05) is 14.2 Å². The van der Waals surface area contributed by atoms with Crippen molar-refractivity contribution in [3.05, 3.63) is 70.7 Å². The molecule has 0 amide bonds. The lowest BCUT2D eigenvalue weighted by Gasteiger charge is -2.30. The third kappa shape index (κ3) is 3.03. The van der Waals surface area contributed by atoms with E-state index >= 15 is 0 Å². The highest BCUT2D eigenvalue weighted by atomic mass is 19.1. The van der Waals surface area contributed by atoms with Crippen LogP contribution in [0, 0.1) is 5.82 Å². The molecule has 4 rings (SSSR count). The molecule has 0 spiro atoms. The predicted molar refractivity (Wildman–Crippen MR) is 101 cm³/mol. The van der Waals surface area contributed by atoms with E-state index in [4.69, 9.17) is 9.47 Å². The topological polar surface area (TPSA) is 80.4 Å². The van der Waals surface area contributed by atoms with Crippen LogP contribution in [0.2, 0.25) is 0 Å². The van der Waals surface area contributed by atoms with Crippen LogP contribution in [-0.2, 0) is 20.7 Å². The molecule has 2 atom stereocenters. The van der Waals surface area contributed by atoms with Crippen molar-refractivity contribution in [1.29, 1.82) is 0 Å². The van der Waals surface area contributed by atoms with Gasteiger partial charge in [0.1, 0.15) is 11.9 Å². The number of halogens is 1. The summed E-state index contributed by atoms with van der Waals surface area (Å²) in [6, 6.07) is 10.6. The summed E-state index contributed by atoms with van der Waals surface area (Å²) in [5.41, 5.74) is 3.84. The van der Waals surface area contributed by atoms with Crippen LogP contribution in [0.15, 0.2) is 42.5 Å². The lowest BCUT2D eigenvalue weighted by molar-refractivity contribution is -0.143. The molecule has 1 aliphatic rings. The van der Waals surface area contributed by atoms with Crippen molar-refractivity contribution in [2.45, 2.75) is 18.5 Å². The summed E-state index contributed by atoms with van der Waals surface area (Å²) in [6.07, 6.45) is 0.391. The molecule has 28 heavy (non-hydrogen) atoms. The first-order valence-electron chi connectivity index (χ1n) is 8.84. The highest BCUT2D eigenvalue weighted by Crippen LogP contribution is 2.35. The molecular formula is C21H19FN2O4. The van der Waals surface area contributed by atoms with Gasteiger partial charge in [0.15, 0.2) is 0 Å². The van der Waals surface area contributed by atoms with Gasteiger partial charge in [-0.3, -0.25) is 10.1 Å². The quantitative estimate of drug-likeness (QED) is 0.681. The zero-order valence-corrected chi connectivity index (χ0v) is 15.4. The number of aromatic nitrogens is 1. The molecule has 0 saturated carbocycles. The average Bonchev–Trinajstić information content (AvgIpc) is 3.09. The van der Waals surface area contributed by atoms with Crippen LogP contribution in [0.4, 0.5) is 4.39 Å². The largest absolute Gasteiger partial charge is 0.468 e. The van der Waals surface area contributed by atoms with Gasteiger partial charge in [-0.1, -0.05) is 12.1 Å². The summed E-state index contributed by atoms with van der Waals surface area (Å²) in [5.74, 6) is -1.13. The summed E-state index contributed by atoms with van der Waals surface area (Å²) in [4.78, 5) is 27.3. The van der Waals surface area contributed by atoms with E-state index in [1.165, 1.54) is 26.4 Å². The van der Waals surface area contributed by atoms with Gasteiger partial charge in [-0.05, 0) is 41.5 Å². The van der Waals surface area contributed by atoms with E-state index in [0.29, 0.717) is 12.0 Å². The molecule has 7 heteroatoms. The van der Waals surface area contributed by atoms with Gasteiger partial charge in [-0.25, -0.2) is 9.18 Å². The molecule has 0 aliphatic carbocycles. The van der Waals surface area contributed by atoms with E-state index in [-0.39, 0.29) is 17.8 Å². The van der Waals surface area contributed by atoms with E-state index in [2.05, 4.69) is 10.3 Å². The fourth-order valence-electron chi connectivity index (χ4n) is 3.74. The van der Waals surface area contributed by atoms with Gasteiger partial charge in [0, 0.05) is 23.0 Å². The number of ether oxygens (including phenoxy) is 2. The number of fused-ring (bicyclic) bond motifs is 3. The summed E-state index contributed by atoms with van der Waals surface area (Å²) >= 11 is 0. The Morgan fingerprint density at radius 3 is 2.50 bits per heavy atom. The van der Waals surface area contributed by atoms with Gasteiger partial charge >= 0.3 is 11.9 Å². The van der Waals surface area contributed by atoms with Crippen LogP contribution in [-0.4, -0.2) is 37.2 Å². The molecule has 0 fully saturated rings. The van der Waals surface area contributed by atoms with Crippen molar-refractivity contribution in [3.8, 4) is 0 Å². The number of esters is 2. The second-order valence-corrected chi connectivity index (χ2v) is 6.70. The summed E-state index contributed by atoms with van der Waals surface area (Å²) in [5, 5.41) is 4.05. The second-order valence-electron chi connectivity index (χ2n) is 6.70. The minimum absolute atomic E-state index is 0.332. The van der Waals surface area contributed by atoms with Gasteiger partial charge in [0.05, 0.1) is 25.8 Å². The number of nitrogens with one attached hydrogen (secondary N) is 2. The molecule has 0 bridgehead atoms. The highest BCUT2D eigenvalue weighted by Gasteiger charge is 2.34. The number of aromatic amines is 1. The molecule has 1 aromatic heterocycles. The minimum atomic E-state index is -0.565. The van der Waals surface area contributed by atoms with Crippen LogP contribution >= 0.6 is 0 Å². The Kier molecular flexibility index (Phi) is 4.60. The van der Waals surface area contributed by atoms with Crippen LogP contribution < -0.4 is 5.32 Å². The van der Waals surface area contributed by atoms with Gasteiger partial charge in [0.2, 0.25) is 0 Å². The number of benzene rings is 2. The first-order valence-corrected chi connectivity index (χ1v) is 8.84. The lowest BCUT2D eigenvalue weighted by atomic mass is 9.90. The first-order chi connectivity index (χ1) is 13.5. The molecule has 3 aromatic rings. The highest BCUT2D eigenvalue weighted by molar-refractivity contribution is 5.89. The molecule has 2 aromatic carbocycles. The lowest BCUT2D eigenvalue weighted by Crippen LogP contribution is -2.45. The Morgan fingerprint density at radius 1 is 1.07 bits per heavy atom. The monoisotopic (exact) mass is 382 g/mol. The normalized spacial score (nSPS) is 18.5.